The Bertz CT molecular complexity index is 546. The lowest BCUT2D eigenvalue weighted by Crippen LogP contribution is -2.46. The van der Waals surface area contributed by atoms with Crippen LogP contribution in [0.15, 0.2) is 11.0 Å². The summed E-state index contributed by atoms with van der Waals surface area (Å²) in [5.74, 6) is 0. The van der Waals surface area contributed by atoms with Gasteiger partial charge in [0.15, 0.2) is 0 Å². The van der Waals surface area contributed by atoms with Gasteiger partial charge in [-0.3, -0.25) is 0 Å². The van der Waals surface area contributed by atoms with Gasteiger partial charge in [0.2, 0.25) is 10.0 Å². The molecule has 1 aliphatic heterocycles. The Balaban J connectivity index is 2.33. The van der Waals surface area contributed by atoms with Gasteiger partial charge in [0.05, 0.1) is 4.90 Å². The standard InChI is InChI=1S/C14H24N2O2S2/c1-4-9-16(13-5-7-15-8-6-13)20(17,18)14-10-11(2)19-12(14)3/h10,13,15H,4-9H2,1-3H3. The first-order chi connectivity index (χ1) is 9.46. The van der Waals surface area contributed by atoms with E-state index in [0.717, 1.165) is 42.1 Å². The van der Waals surface area contributed by atoms with Crippen LogP contribution in [0, 0.1) is 13.8 Å². The Morgan fingerprint density at radius 1 is 1.35 bits per heavy atom. The van der Waals surface area contributed by atoms with Gasteiger partial charge in [0.1, 0.15) is 0 Å². The molecule has 4 nitrogen and oxygen atoms in total. The minimum absolute atomic E-state index is 0.140. The summed E-state index contributed by atoms with van der Waals surface area (Å²) in [4.78, 5) is 2.47. The van der Waals surface area contributed by atoms with E-state index in [9.17, 15) is 8.42 Å². The van der Waals surface area contributed by atoms with Crippen molar-refractivity contribution in [3.05, 3.63) is 15.8 Å². The molecule has 0 radical (unpaired) electrons. The summed E-state index contributed by atoms with van der Waals surface area (Å²) in [6, 6.07) is 1.96. The number of aryl methyl sites for hydroxylation is 2. The molecule has 0 spiro atoms. The Morgan fingerprint density at radius 2 is 2.00 bits per heavy atom. The number of thiophene rings is 1. The largest absolute Gasteiger partial charge is 0.317 e. The fourth-order valence-electron chi connectivity index (χ4n) is 2.80. The molecule has 0 atom stereocenters. The molecular weight excluding hydrogens is 292 g/mol. The van der Waals surface area contributed by atoms with E-state index in [2.05, 4.69) is 5.32 Å². The first-order valence-electron chi connectivity index (χ1n) is 7.26. The summed E-state index contributed by atoms with van der Waals surface area (Å²) in [7, 11) is -3.36. The second kappa shape index (κ2) is 6.56. The lowest BCUT2D eigenvalue weighted by Gasteiger charge is -2.33. The first-order valence-corrected chi connectivity index (χ1v) is 9.52. The minimum Gasteiger partial charge on any atom is -0.317 e. The predicted octanol–water partition coefficient (Wildman–Crippen LogP) is 2.52. The maximum atomic E-state index is 13.0. The lowest BCUT2D eigenvalue weighted by atomic mass is 10.1. The van der Waals surface area contributed by atoms with Crippen LogP contribution in [0.4, 0.5) is 0 Å². The number of hydrogen-bond donors (Lipinski definition) is 1. The fourth-order valence-corrected chi connectivity index (χ4v) is 6.11. The van der Waals surface area contributed by atoms with Crippen molar-refractivity contribution in [2.45, 2.75) is 51.0 Å². The average Bonchev–Trinajstić information content (AvgIpc) is 2.76. The average molecular weight is 316 g/mol. The highest BCUT2D eigenvalue weighted by molar-refractivity contribution is 7.89. The molecule has 1 aliphatic rings. The van der Waals surface area contributed by atoms with Gasteiger partial charge in [-0.1, -0.05) is 6.92 Å². The molecule has 1 aromatic rings. The van der Waals surface area contributed by atoms with Crippen LogP contribution in [0.3, 0.4) is 0 Å². The van der Waals surface area contributed by atoms with Crippen LogP contribution < -0.4 is 5.32 Å². The number of nitrogens with one attached hydrogen (secondary N) is 1. The third-order valence-electron chi connectivity index (χ3n) is 3.74. The number of sulfonamides is 1. The van der Waals surface area contributed by atoms with Gasteiger partial charge in [-0.25, -0.2) is 8.42 Å². The predicted molar refractivity (Wildman–Crippen MR) is 83.9 cm³/mol. The molecule has 0 bridgehead atoms. The molecule has 2 rings (SSSR count). The van der Waals surface area contributed by atoms with Gasteiger partial charge in [-0.05, 0) is 52.3 Å². The quantitative estimate of drug-likeness (QED) is 0.908. The molecule has 0 amide bonds. The van der Waals surface area contributed by atoms with Gasteiger partial charge < -0.3 is 5.32 Å². The van der Waals surface area contributed by atoms with Crippen LogP contribution in [0.1, 0.15) is 35.9 Å². The van der Waals surface area contributed by atoms with Crippen molar-refractivity contribution in [1.29, 1.82) is 0 Å². The second-order valence-electron chi connectivity index (χ2n) is 5.37. The van der Waals surface area contributed by atoms with Crippen LogP contribution in [-0.4, -0.2) is 38.4 Å². The maximum Gasteiger partial charge on any atom is 0.244 e. The zero-order valence-corrected chi connectivity index (χ0v) is 14.1. The first kappa shape index (κ1) is 15.9. The third kappa shape index (κ3) is 3.24. The summed E-state index contributed by atoms with van der Waals surface area (Å²) in [5.41, 5.74) is 0. The van der Waals surface area contributed by atoms with Crippen LogP contribution >= 0.6 is 11.3 Å². The van der Waals surface area contributed by atoms with E-state index < -0.39 is 10.0 Å². The Hall–Kier alpha value is -0.430. The van der Waals surface area contributed by atoms with Crippen molar-refractivity contribution in [2.75, 3.05) is 19.6 Å². The molecule has 1 aromatic heterocycles. The van der Waals surface area contributed by atoms with Crippen molar-refractivity contribution < 1.29 is 8.42 Å². The molecule has 1 saturated heterocycles. The highest BCUT2D eigenvalue weighted by atomic mass is 32.2. The summed E-state index contributed by atoms with van der Waals surface area (Å²) >= 11 is 1.56. The second-order valence-corrected chi connectivity index (χ2v) is 8.69. The van der Waals surface area contributed by atoms with Gasteiger partial charge in [0, 0.05) is 22.3 Å². The van der Waals surface area contributed by atoms with E-state index in [0.29, 0.717) is 11.4 Å². The van der Waals surface area contributed by atoms with Gasteiger partial charge in [-0.2, -0.15) is 4.31 Å². The SMILES string of the molecule is CCCN(C1CCNCC1)S(=O)(=O)c1cc(C)sc1C. The van der Waals surface area contributed by atoms with Gasteiger partial charge in [-0.15, -0.1) is 11.3 Å². The Morgan fingerprint density at radius 3 is 2.50 bits per heavy atom. The van der Waals surface area contributed by atoms with E-state index in [1.165, 1.54) is 0 Å². The molecule has 0 aliphatic carbocycles. The van der Waals surface area contributed by atoms with Crippen molar-refractivity contribution in [1.82, 2.24) is 9.62 Å². The molecule has 0 saturated carbocycles. The molecule has 6 heteroatoms. The van der Waals surface area contributed by atoms with Crippen LogP contribution in [-0.2, 0) is 10.0 Å². The molecule has 20 heavy (non-hydrogen) atoms. The van der Waals surface area contributed by atoms with Crippen molar-refractivity contribution in [3.8, 4) is 0 Å². The van der Waals surface area contributed by atoms with E-state index in [1.807, 2.05) is 26.8 Å². The number of rotatable bonds is 5. The topological polar surface area (TPSA) is 49.4 Å². The maximum absolute atomic E-state index is 13.0. The van der Waals surface area contributed by atoms with Gasteiger partial charge >= 0.3 is 0 Å². The normalized spacial score (nSPS) is 17.8. The van der Waals surface area contributed by atoms with Crippen LogP contribution in [0.5, 0.6) is 0 Å². The third-order valence-corrected chi connectivity index (χ3v) is 6.92. The van der Waals surface area contributed by atoms with E-state index in [4.69, 9.17) is 0 Å². The molecule has 0 unspecified atom stereocenters. The van der Waals surface area contributed by atoms with Crippen LogP contribution in [0.2, 0.25) is 0 Å². The highest BCUT2D eigenvalue weighted by Crippen LogP contribution is 2.30. The smallest absolute Gasteiger partial charge is 0.244 e. The summed E-state index contributed by atoms with van der Waals surface area (Å²) in [6.07, 6.45) is 2.66. The highest BCUT2D eigenvalue weighted by Gasteiger charge is 2.33. The van der Waals surface area contributed by atoms with E-state index in [-0.39, 0.29) is 6.04 Å². The Kier molecular flexibility index (Phi) is 5.23. The molecule has 0 aromatic carbocycles. The number of piperidine rings is 1. The number of hydrogen-bond acceptors (Lipinski definition) is 4. The van der Waals surface area contributed by atoms with Crippen molar-refractivity contribution in [3.63, 3.8) is 0 Å². The zero-order chi connectivity index (χ0) is 14.8. The molecular formula is C14H24N2O2S2. The van der Waals surface area contributed by atoms with E-state index in [1.54, 1.807) is 15.6 Å². The zero-order valence-electron chi connectivity index (χ0n) is 12.5. The number of nitrogens with zero attached hydrogens (tertiary/aromatic N) is 1. The molecule has 1 fully saturated rings. The Labute approximate surface area is 126 Å². The fraction of sp³-hybridized carbons (Fsp3) is 0.714. The molecule has 114 valence electrons. The molecule has 2 heterocycles. The monoisotopic (exact) mass is 316 g/mol. The van der Waals surface area contributed by atoms with Crippen LogP contribution in [0.25, 0.3) is 0 Å². The summed E-state index contributed by atoms with van der Waals surface area (Å²) in [6.45, 7) is 8.32. The minimum atomic E-state index is -3.36. The molecule has 1 N–H and O–H groups in total. The van der Waals surface area contributed by atoms with Crippen molar-refractivity contribution >= 4 is 21.4 Å². The van der Waals surface area contributed by atoms with Crippen molar-refractivity contribution in [2.24, 2.45) is 0 Å². The summed E-state index contributed by atoms with van der Waals surface area (Å²) < 4.78 is 27.7. The van der Waals surface area contributed by atoms with E-state index >= 15 is 0 Å². The lowest BCUT2D eigenvalue weighted by molar-refractivity contribution is 0.262. The van der Waals surface area contributed by atoms with Gasteiger partial charge in [0.25, 0.3) is 0 Å². The summed E-state index contributed by atoms with van der Waals surface area (Å²) in [5, 5.41) is 3.30.